The number of alkyl halides is 3. The zero-order valence-corrected chi connectivity index (χ0v) is 9.43. The number of nitrogens with zero attached hydrogens (tertiary/aromatic N) is 1. The molecule has 0 heterocycles. The Morgan fingerprint density at radius 1 is 1.40 bits per heavy atom. The average molecular weight is 327 g/mol. The molecule has 2 nitrogen and oxygen atoms in total. The maximum atomic E-state index is 12.6. The van der Waals surface area contributed by atoms with Crippen molar-refractivity contribution in [2.45, 2.75) is 12.8 Å². The smallest absolute Gasteiger partial charge is 0.392 e. The van der Waals surface area contributed by atoms with E-state index in [2.05, 4.69) is 0 Å². The van der Waals surface area contributed by atoms with Gasteiger partial charge in [0.1, 0.15) is 0 Å². The molecule has 0 atom stereocenters. The van der Waals surface area contributed by atoms with E-state index in [1.165, 1.54) is 34.7 Å². The first kappa shape index (κ1) is 12.3. The third-order valence-electron chi connectivity index (χ3n) is 1.80. The molecule has 1 rings (SSSR count). The quantitative estimate of drug-likeness (QED) is 0.806. The van der Waals surface area contributed by atoms with Crippen molar-refractivity contribution in [2.75, 3.05) is 0 Å². The van der Waals surface area contributed by atoms with Crippen LogP contribution in [0.15, 0.2) is 12.1 Å². The van der Waals surface area contributed by atoms with Crippen molar-refractivity contribution in [3.05, 3.63) is 32.4 Å². The Bertz CT molecular complexity index is 423. The topological polar surface area (TPSA) is 44.0 Å². The fourth-order valence-electron chi connectivity index (χ4n) is 1.11. The largest absolute Gasteiger partial charge is 0.418 e. The Hall–Kier alpha value is -0.810. The molecule has 1 aromatic rings. The van der Waals surface area contributed by atoms with E-state index in [9.17, 15) is 13.2 Å². The number of halogens is 4. The lowest BCUT2D eigenvalue weighted by Gasteiger charge is -2.13. The molecule has 0 saturated carbocycles. The molecule has 0 amide bonds. The second-order valence-electron chi connectivity index (χ2n) is 2.73. The van der Waals surface area contributed by atoms with Crippen LogP contribution >= 0.6 is 22.6 Å². The van der Waals surface area contributed by atoms with Crippen molar-refractivity contribution in [2.24, 2.45) is 0 Å². The lowest BCUT2D eigenvalue weighted by atomic mass is 10.0. The van der Waals surface area contributed by atoms with Crippen LogP contribution in [0.4, 0.5) is 13.2 Å². The summed E-state index contributed by atoms with van der Waals surface area (Å²) in [5, 5.41) is 17.4. The highest BCUT2D eigenvalue weighted by Gasteiger charge is 2.36. The van der Waals surface area contributed by atoms with Gasteiger partial charge in [0, 0.05) is 3.57 Å². The summed E-state index contributed by atoms with van der Waals surface area (Å²) in [6.45, 7) is -0.479. The molecular weight excluding hydrogens is 322 g/mol. The van der Waals surface area contributed by atoms with Crippen LogP contribution in [-0.4, -0.2) is 5.11 Å². The first-order valence-corrected chi connectivity index (χ1v) is 4.89. The van der Waals surface area contributed by atoms with Gasteiger partial charge in [-0.25, -0.2) is 0 Å². The lowest BCUT2D eigenvalue weighted by Crippen LogP contribution is -2.12. The monoisotopic (exact) mass is 327 g/mol. The molecule has 0 bridgehead atoms. The Kier molecular flexibility index (Phi) is 3.57. The maximum absolute atomic E-state index is 12.6. The molecule has 1 aromatic carbocycles. The SMILES string of the molecule is N#Cc1ccc(CO)c(I)c1C(F)(F)F. The van der Waals surface area contributed by atoms with Crippen molar-refractivity contribution in [1.82, 2.24) is 0 Å². The van der Waals surface area contributed by atoms with Gasteiger partial charge in [0.2, 0.25) is 0 Å². The molecule has 0 aliphatic heterocycles. The van der Waals surface area contributed by atoms with Gasteiger partial charge in [-0.15, -0.1) is 0 Å². The fourth-order valence-corrected chi connectivity index (χ4v) is 2.06. The normalized spacial score (nSPS) is 11.2. The van der Waals surface area contributed by atoms with Crippen LogP contribution in [0.25, 0.3) is 0 Å². The van der Waals surface area contributed by atoms with E-state index in [1.807, 2.05) is 0 Å². The van der Waals surface area contributed by atoms with E-state index in [1.54, 1.807) is 0 Å². The van der Waals surface area contributed by atoms with Gasteiger partial charge >= 0.3 is 6.18 Å². The minimum absolute atomic E-state index is 0.123. The number of hydrogen-bond acceptors (Lipinski definition) is 2. The zero-order valence-electron chi connectivity index (χ0n) is 7.27. The molecular formula is C9H5F3INO. The molecule has 0 radical (unpaired) electrons. The van der Waals surface area contributed by atoms with Crippen LogP contribution in [0.1, 0.15) is 16.7 Å². The van der Waals surface area contributed by atoms with Crippen molar-refractivity contribution >= 4 is 22.6 Å². The molecule has 0 aliphatic rings. The van der Waals surface area contributed by atoms with E-state index in [0.29, 0.717) is 0 Å². The Morgan fingerprint density at radius 2 is 2.00 bits per heavy atom. The van der Waals surface area contributed by atoms with Gasteiger partial charge in [-0.05, 0) is 34.2 Å². The summed E-state index contributed by atoms with van der Waals surface area (Å²) in [5.74, 6) is 0. The minimum atomic E-state index is -4.58. The summed E-state index contributed by atoms with van der Waals surface area (Å²) in [4.78, 5) is 0. The maximum Gasteiger partial charge on any atom is 0.418 e. The van der Waals surface area contributed by atoms with Crippen molar-refractivity contribution in [3.8, 4) is 6.07 Å². The summed E-state index contributed by atoms with van der Waals surface area (Å²) < 4.78 is 37.6. The fraction of sp³-hybridized carbons (Fsp3) is 0.222. The zero-order chi connectivity index (χ0) is 11.6. The van der Waals surface area contributed by atoms with Gasteiger partial charge in [-0.2, -0.15) is 18.4 Å². The summed E-state index contributed by atoms with van der Waals surface area (Å²) in [6.07, 6.45) is -4.58. The second kappa shape index (κ2) is 4.37. The third-order valence-corrected chi connectivity index (χ3v) is 3.03. The van der Waals surface area contributed by atoms with Crippen LogP contribution in [-0.2, 0) is 12.8 Å². The molecule has 0 fully saturated rings. The van der Waals surface area contributed by atoms with Gasteiger partial charge in [-0.1, -0.05) is 6.07 Å². The number of rotatable bonds is 1. The van der Waals surface area contributed by atoms with Crippen LogP contribution in [0, 0.1) is 14.9 Å². The van der Waals surface area contributed by atoms with E-state index in [4.69, 9.17) is 10.4 Å². The Morgan fingerprint density at radius 3 is 2.40 bits per heavy atom. The standard InChI is InChI=1S/C9H5F3INO/c10-9(11,12)7-5(3-14)1-2-6(4-15)8(7)13/h1-2,15H,4H2. The highest BCUT2D eigenvalue weighted by molar-refractivity contribution is 14.1. The van der Waals surface area contributed by atoms with Crippen molar-refractivity contribution < 1.29 is 18.3 Å². The summed E-state index contributed by atoms with van der Waals surface area (Å²) in [5.41, 5.74) is -1.23. The number of nitriles is 1. The minimum Gasteiger partial charge on any atom is -0.392 e. The average Bonchev–Trinajstić information content (AvgIpc) is 2.15. The highest BCUT2D eigenvalue weighted by atomic mass is 127. The molecule has 6 heteroatoms. The third kappa shape index (κ3) is 2.41. The predicted octanol–water partition coefficient (Wildman–Crippen LogP) is 2.67. The molecule has 0 aliphatic carbocycles. The van der Waals surface area contributed by atoms with Crippen molar-refractivity contribution in [3.63, 3.8) is 0 Å². The number of aliphatic hydroxyl groups excluding tert-OH is 1. The molecule has 15 heavy (non-hydrogen) atoms. The van der Waals surface area contributed by atoms with Gasteiger partial charge in [0.25, 0.3) is 0 Å². The van der Waals surface area contributed by atoms with Crippen LogP contribution in [0.5, 0.6) is 0 Å². The second-order valence-corrected chi connectivity index (χ2v) is 3.81. The molecule has 0 unspecified atom stereocenters. The van der Waals surface area contributed by atoms with Gasteiger partial charge < -0.3 is 5.11 Å². The molecule has 0 aromatic heterocycles. The summed E-state index contributed by atoms with van der Waals surface area (Å²) in [7, 11) is 0. The summed E-state index contributed by atoms with van der Waals surface area (Å²) >= 11 is 1.48. The van der Waals surface area contributed by atoms with Crippen LogP contribution in [0.3, 0.4) is 0 Å². The van der Waals surface area contributed by atoms with Gasteiger partial charge in [0.05, 0.1) is 23.8 Å². The first-order valence-electron chi connectivity index (χ1n) is 3.81. The Balaban J connectivity index is 3.52. The molecule has 80 valence electrons. The molecule has 0 saturated heterocycles. The summed E-state index contributed by atoms with van der Waals surface area (Å²) in [6, 6.07) is 3.87. The molecule has 0 spiro atoms. The van der Waals surface area contributed by atoms with Crippen LogP contribution in [0.2, 0.25) is 0 Å². The van der Waals surface area contributed by atoms with E-state index in [0.717, 1.165) is 6.07 Å². The van der Waals surface area contributed by atoms with Gasteiger partial charge in [-0.3, -0.25) is 0 Å². The predicted molar refractivity (Wildman–Crippen MR) is 54.8 cm³/mol. The number of hydrogen-bond donors (Lipinski definition) is 1. The van der Waals surface area contributed by atoms with E-state index >= 15 is 0 Å². The first-order chi connectivity index (χ1) is 6.91. The van der Waals surface area contributed by atoms with Gasteiger partial charge in [0.15, 0.2) is 0 Å². The van der Waals surface area contributed by atoms with Crippen LogP contribution < -0.4 is 0 Å². The highest BCUT2D eigenvalue weighted by Crippen LogP contribution is 2.36. The molecule has 1 N–H and O–H groups in total. The Labute approximate surface area is 97.5 Å². The number of aliphatic hydroxyl groups is 1. The van der Waals surface area contributed by atoms with E-state index < -0.39 is 23.9 Å². The van der Waals surface area contributed by atoms with Crippen molar-refractivity contribution in [1.29, 1.82) is 5.26 Å². The lowest BCUT2D eigenvalue weighted by molar-refractivity contribution is -0.138. The number of benzene rings is 1. The van der Waals surface area contributed by atoms with E-state index in [-0.39, 0.29) is 9.13 Å².